The van der Waals surface area contributed by atoms with E-state index in [-0.39, 0.29) is 16.3 Å². The van der Waals surface area contributed by atoms with E-state index in [9.17, 15) is 18.5 Å². The first-order chi connectivity index (χ1) is 11.2. The molecule has 1 N–H and O–H groups in total. The lowest BCUT2D eigenvalue weighted by Crippen LogP contribution is -2.27. The smallest absolute Gasteiger partial charge is 0.271 e. The van der Waals surface area contributed by atoms with Crippen molar-refractivity contribution in [2.75, 3.05) is 7.11 Å². The van der Waals surface area contributed by atoms with Gasteiger partial charge in [-0.3, -0.25) is 10.1 Å². The molecule has 24 heavy (non-hydrogen) atoms. The van der Waals surface area contributed by atoms with Gasteiger partial charge in [-0.05, 0) is 30.7 Å². The molecule has 0 spiro atoms. The molecule has 0 aliphatic rings. The van der Waals surface area contributed by atoms with Crippen molar-refractivity contribution in [3.63, 3.8) is 0 Å². The molecule has 0 heterocycles. The number of ether oxygens (including phenoxy) is 1. The minimum Gasteiger partial charge on any atom is -0.495 e. The lowest BCUT2D eigenvalue weighted by molar-refractivity contribution is -0.385. The highest BCUT2D eigenvalue weighted by Gasteiger charge is 2.25. The van der Waals surface area contributed by atoms with Gasteiger partial charge >= 0.3 is 0 Å². The SMILES string of the molecule is COc1ccc([N+](=O)[O-])cc1S(=O)(=O)NC(C)c1cccc(Cl)c1. The molecule has 0 aromatic heterocycles. The Morgan fingerprint density at radius 1 is 1.25 bits per heavy atom. The van der Waals surface area contributed by atoms with E-state index >= 15 is 0 Å². The molecule has 7 nitrogen and oxygen atoms in total. The second-order valence-electron chi connectivity index (χ2n) is 4.99. The Morgan fingerprint density at radius 2 is 1.96 bits per heavy atom. The highest BCUT2D eigenvalue weighted by Crippen LogP contribution is 2.29. The second-order valence-corrected chi connectivity index (χ2v) is 7.11. The van der Waals surface area contributed by atoms with E-state index in [1.165, 1.54) is 19.2 Å². The predicted octanol–water partition coefficient (Wildman–Crippen LogP) is 3.30. The van der Waals surface area contributed by atoms with Crippen molar-refractivity contribution in [2.24, 2.45) is 0 Å². The lowest BCUT2D eigenvalue weighted by Gasteiger charge is -2.16. The standard InChI is InChI=1S/C15H15ClN2O5S/c1-10(11-4-3-5-12(16)8-11)17-24(21,22)15-9-13(18(19)20)6-7-14(15)23-2/h3-10,17H,1-2H3. The molecule has 9 heteroatoms. The fourth-order valence-electron chi connectivity index (χ4n) is 2.13. The van der Waals surface area contributed by atoms with Crippen molar-refractivity contribution in [3.05, 3.63) is 63.2 Å². The summed E-state index contributed by atoms with van der Waals surface area (Å²) in [5.74, 6) is 0.0198. The molecular weight excluding hydrogens is 356 g/mol. The minimum atomic E-state index is -4.04. The van der Waals surface area contributed by atoms with Crippen LogP contribution >= 0.6 is 11.6 Å². The molecule has 2 aromatic carbocycles. The number of non-ortho nitro benzene ring substituents is 1. The van der Waals surface area contributed by atoms with E-state index in [2.05, 4.69) is 4.72 Å². The predicted molar refractivity (Wildman–Crippen MR) is 89.8 cm³/mol. The van der Waals surface area contributed by atoms with Gasteiger partial charge in [-0.25, -0.2) is 13.1 Å². The lowest BCUT2D eigenvalue weighted by atomic mass is 10.1. The van der Waals surface area contributed by atoms with Crippen molar-refractivity contribution in [1.82, 2.24) is 4.72 Å². The van der Waals surface area contributed by atoms with E-state index in [1.54, 1.807) is 31.2 Å². The van der Waals surface area contributed by atoms with Crippen molar-refractivity contribution in [3.8, 4) is 5.75 Å². The van der Waals surface area contributed by atoms with Gasteiger partial charge in [0.2, 0.25) is 10.0 Å². The molecule has 0 bridgehead atoms. The molecule has 0 fully saturated rings. The van der Waals surface area contributed by atoms with Crippen LogP contribution < -0.4 is 9.46 Å². The van der Waals surface area contributed by atoms with Gasteiger partial charge in [-0.15, -0.1) is 0 Å². The van der Waals surface area contributed by atoms with Gasteiger partial charge in [0.25, 0.3) is 5.69 Å². The molecule has 1 unspecified atom stereocenters. The highest BCUT2D eigenvalue weighted by atomic mass is 35.5. The zero-order valence-electron chi connectivity index (χ0n) is 12.9. The van der Waals surface area contributed by atoms with Crippen LogP contribution in [-0.4, -0.2) is 20.5 Å². The van der Waals surface area contributed by atoms with Gasteiger partial charge in [-0.2, -0.15) is 0 Å². The third-order valence-electron chi connectivity index (χ3n) is 3.33. The number of halogens is 1. The molecule has 2 rings (SSSR count). The molecule has 0 aliphatic heterocycles. The number of methoxy groups -OCH3 is 1. The van der Waals surface area contributed by atoms with E-state index in [0.29, 0.717) is 10.6 Å². The Morgan fingerprint density at radius 3 is 2.54 bits per heavy atom. The summed E-state index contributed by atoms with van der Waals surface area (Å²) in [6, 6.07) is 9.55. The highest BCUT2D eigenvalue weighted by molar-refractivity contribution is 7.89. The normalized spacial score (nSPS) is 12.6. The number of nitro groups is 1. The van der Waals surface area contributed by atoms with Crippen LogP contribution in [0.1, 0.15) is 18.5 Å². The van der Waals surface area contributed by atoms with E-state index in [1.807, 2.05) is 0 Å². The first kappa shape index (κ1) is 18.2. The first-order valence-electron chi connectivity index (χ1n) is 6.85. The quantitative estimate of drug-likeness (QED) is 0.621. The number of sulfonamides is 1. The Bertz CT molecular complexity index is 870. The van der Waals surface area contributed by atoms with Crippen LogP contribution in [0.3, 0.4) is 0 Å². The van der Waals surface area contributed by atoms with Crippen molar-refractivity contribution in [2.45, 2.75) is 17.9 Å². The van der Waals surface area contributed by atoms with Crippen LogP contribution in [0.25, 0.3) is 0 Å². The largest absolute Gasteiger partial charge is 0.495 e. The molecule has 2 aromatic rings. The summed E-state index contributed by atoms with van der Waals surface area (Å²) in [5, 5.41) is 11.4. The van der Waals surface area contributed by atoms with E-state index in [4.69, 9.17) is 16.3 Å². The molecular formula is C15H15ClN2O5S. The number of nitrogens with one attached hydrogen (secondary N) is 1. The summed E-state index contributed by atoms with van der Waals surface area (Å²) >= 11 is 5.91. The molecule has 0 saturated heterocycles. The molecule has 0 amide bonds. The molecule has 128 valence electrons. The van der Waals surface area contributed by atoms with Crippen molar-refractivity contribution >= 4 is 27.3 Å². The number of benzene rings is 2. The van der Waals surface area contributed by atoms with Gasteiger partial charge in [0.15, 0.2) is 0 Å². The molecule has 0 radical (unpaired) electrons. The van der Waals surface area contributed by atoms with Crippen LogP contribution in [0, 0.1) is 10.1 Å². The summed E-state index contributed by atoms with van der Waals surface area (Å²) in [6.07, 6.45) is 0. The number of nitro benzene ring substituents is 1. The summed E-state index contributed by atoms with van der Waals surface area (Å²) in [4.78, 5) is 9.93. The third kappa shape index (κ3) is 4.02. The maximum absolute atomic E-state index is 12.6. The second kappa shape index (κ2) is 7.16. The number of rotatable bonds is 6. The fraction of sp³-hybridized carbons (Fsp3) is 0.200. The number of nitrogens with zero attached hydrogens (tertiary/aromatic N) is 1. The Hall–Kier alpha value is -2.16. The fourth-order valence-corrected chi connectivity index (χ4v) is 3.75. The van der Waals surface area contributed by atoms with Gasteiger partial charge in [-0.1, -0.05) is 23.7 Å². The first-order valence-corrected chi connectivity index (χ1v) is 8.71. The zero-order valence-corrected chi connectivity index (χ0v) is 14.5. The summed E-state index contributed by atoms with van der Waals surface area (Å²) in [5.41, 5.74) is 0.321. The van der Waals surface area contributed by atoms with Crippen LogP contribution in [-0.2, 0) is 10.0 Å². The maximum Gasteiger partial charge on any atom is 0.271 e. The van der Waals surface area contributed by atoms with Gasteiger partial charge in [0.05, 0.1) is 12.0 Å². The van der Waals surface area contributed by atoms with E-state index in [0.717, 1.165) is 6.07 Å². The average Bonchev–Trinajstić information content (AvgIpc) is 2.53. The number of hydrogen-bond donors (Lipinski definition) is 1. The average molecular weight is 371 g/mol. The summed E-state index contributed by atoms with van der Waals surface area (Å²) < 4.78 is 32.7. The Kier molecular flexibility index (Phi) is 5.43. The molecule has 0 aliphatic carbocycles. The van der Waals surface area contributed by atoms with Crippen LogP contribution in [0.4, 0.5) is 5.69 Å². The monoisotopic (exact) mass is 370 g/mol. The zero-order chi connectivity index (χ0) is 17.9. The topological polar surface area (TPSA) is 98.5 Å². The maximum atomic E-state index is 12.6. The van der Waals surface area contributed by atoms with Crippen molar-refractivity contribution < 1.29 is 18.1 Å². The van der Waals surface area contributed by atoms with Gasteiger partial charge < -0.3 is 4.74 Å². The van der Waals surface area contributed by atoms with E-state index < -0.39 is 21.0 Å². The summed E-state index contributed by atoms with van der Waals surface area (Å²) in [6.45, 7) is 1.65. The van der Waals surface area contributed by atoms with Gasteiger partial charge in [0.1, 0.15) is 10.6 Å². The Labute approximate surface area is 144 Å². The molecule has 0 saturated carbocycles. The summed E-state index contributed by atoms with van der Waals surface area (Å²) in [7, 11) is -2.75. The van der Waals surface area contributed by atoms with Crippen LogP contribution in [0.2, 0.25) is 5.02 Å². The third-order valence-corrected chi connectivity index (χ3v) is 5.13. The van der Waals surface area contributed by atoms with Gasteiger partial charge in [0, 0.05) is 23.2 Å². The van der Waals surface area contributed by atoms with Crippen LogP contribution in [0.15, 0.2) is 47.4 Å². The number of hydrogen-bond acceptors (Lipinski definition) is 5. The molecule has 1 atom stereocenters. The van der Waals surface area contributed by atoms with Crippen LogP contribution in [0.5, 0.6) is 5.75 Å². The van der Waals surface area contributed by atoms with Crippen molar-refractivity contribution in [1.29, 1.82) is 0 Å². The Balaban J connectivity index is 2.39. The minimum absolute atomic E-state index is 0.0198.